The van der Waals surface area contributed by atoms with Crippen molar-refractivity contribution >= 4 is 22.7 Å². The standard InChI is InChI=1S/C17H18N4O2S/c1-23-10-9-21-16(22)14-6-2-3-7-15(14)20-17(21)24-12-13(11-19)5-4-8-18/h2-3,6-7,13H,4-5,9-10,12H2,1H3/t13-/m1/s1. The second kappa shape index (κ2) is 9.07. The first-order valence-corrected chi connectivity index (χ1v) is 8.57. The minimum Gasteiger partial charge on any atom is -0.383 e. The summed E-state index contributed by atoms with van der Waals surface area (Å²) in [7, 11) is 1.58. The molecule has 6 nitrogen and oxygen atoms in total. The second-order valence-electron chi connectivity index (χ2n) is 5.19. The van der Waals surface area contributed by atoms with E-state index >= 15 is 0 Å². The van der Waals surface area contributed by atoms with Crippen LogP contribution in [0.2, 0.25) is 0 Å². The number of para-hydroxylation sites is 1. The molecule has 0 bridgehead atoms. The van der Waals surface area contributed by atoms with Gasteiger partial charge in [0, 0.05) is 19.3 Å². The fraction of sp³-hybridized carbons (Fsp3) is 0.412. The number of nitrogens with zero attached hydrogens (tertiary/aromatic N) is 4. The Kier molecular flexibility index (Phi) is 6.80. The molecule has 0 saturated heterocycles. The Bertz CT molecular complexity index is 835. The summed E-state index contributed by atoms with van der Waals surface area (Å²) in [4.78, 5) is 17.3. The average molecular weight is 342 g/mol. The molecule has 0 aliphatic heterocycles. The molecule has 24 heavy (non-hydrogen) atoms. The maximum Gasteiger partial charge on any atom is 0.262 e. The van der Waals surface area contributed by atoms with Gasteiger partial charge in [-0.2, -0.15) is 10.5 Å². The van der Waals surface area contributed by atoms with E-state index in [1.54, 1.807) is 23.8 Å². The molecule has 0 amide bonds. The molecule has 0 unspecified atom stereocenters. The summed E-state index contributed by atoms with van der Waals surface area (Å²) in [5, 5.41) is 19.0. The Morgan fingerprint density at radius 3 is 2.88 bits per heavy atom. The first kappa shape index (κ1) is 18.0. The molecule has 2 aromatic rings. The molecule has 1 heterocycles. The van der Waals surface area contributed by atoms with Crippen LogP contribution in [0.4, 0.5) is 0 Å². The summed E-state index contributed by atoms with van der Waals surface area (Å²) < 4.78 is 6.68. The van der Waals surface area contributed by atoms with Crippen LogP contribution in [0.15, 0.2) is 34.2 Å². The van der Waals surface area contributed by atoms with Crippen molar-refractivity contribution < 1.29 is 4.74 Å². The highest BCUT2D eigenvalue weighted by Crippen LogP contribution is 2.22. The number of hydrogen-bond donors (Lipinski definition) is 0. The molecule has 2 rings (SSSR count). The van der Waals surface area contributed by atoms with E-state index in [0.29, 0.717) is 47.8 Å². The highest BCUT2D eigenvalue weighted by Gasteiger charge is 2.14. The number of rotatable bonds is 8. The SMILES string of the molecule is COCCn1c(SC[C@@H](C#N)CCC#N)nc2ccccc2c1=O. The van der Waals surface area contributed by atoms with Gasteiger partial charge >= 0.3 is 0 Å². The fourth-order valence-electron chi connectivity index (χ4n) is 2.24. The molecule has 0 fully saturated rings. The molecule has 0 saturated carbocycles. The number of thioether (sulfide) groups is 1. The molecule has 0 N–H and O–H groups in total. The van der Waals surface area contributed by atoms with E-state index in [0.717, 1.165) is 0 Å². The van der Waals surface area contributed by atoms with Gasteiger partial charge in [0.25, 0.3) is 5.56 Å². The van der Waals surface area contributed by atoms with Gasteiger partial charge in [-0.05, 0) is 18.6 Å². The Hall–Kier alpha value is -2.35. The Labute approximate surface area is 144 Å². The van der Waals surface area contributed by atoms with Crippen molar-refractivity contribution in [2.24, 2.45) is 5.92 Å². The fourth-order valence-corrected chi connectivity index (χ4v) is 3.32. The van der Waals surface area contributed by atoms with Gasteiger partial charge in [-0.3, -0.25) is 9.36 Å². The van der Waals surface area contributed by atoms with Gasteiger partial charge in [0.05, 0.1) is 42.1 Å². The number of hydrogen-bond acceptors (Lipinski definition) is 6. The number of benzene rings is 1. The Morgan fingerprint density at radius 1 is 1.38 bits per heavy atom. The third-order valence-electron chi connectivity index (χ3n) is 3.55. The summed E-state index contributed by atoms with van der Waals surface area (Å²) in [6.45, 7) is 0.814. The summed E-state index contributed by atoms with van der Waals surface area (Å²) in [6.07, 6.45) is 0.871. The number of nitriles is 2. The van der Waals surface area contributed by atoms with Crippen molar-refractivity contribution in [1.82, 2.24) is 9.55 Å². The first-order chi connectivity index (χ1) is 11.7. The molecule has 124 valence electrons. The van der Waals surface area contributed by atoms with Gasteiger partial charge in [-0.15, -0.1) is 0 Å². The van der Waals surface area contributed by atoms with Gasteiger partial charge in [0.1, 0.15) is 0 Å². The van der Waals surface area contributed by atoms with E-state index in [4.69, 9.17) is 10.00 Å². The number of methoxy groups -OCH3 is 1. The van der Waals surface area contributed by atoms with Gasteiger partial charge in [-0.25, -0.2) is 4.98 Å². The lowest BCUT2D eigenvalue weighted by molar-refractivity contribution is 0.183. The summed E-state index contributed by atoms with van der Waals surface area (Å²) in [5.74, 6) is 0.254. The van der Waals surface area contributed by atoms with E-state index in [1.165, 1.54) is 11.8 Å². The molecule has 0 aliphatic carbocycles. The minimum absolute atomic E-state index is 0.106. The smallest absolute Gasteiger partial charge is 0.262 e. The number of aromatic nitrogens is 2. The van der Waals surface area contributed by atoms with Gasteiger partial charge < -0.3 is 4.74 Å². The minimum atomic E-state index is -0.242. The lowest BCUT2D eigenvalue weighted by Crippen LogP contribution is -2.25. The molecule has 0 aliphatic rings. The third-order valence-corrected chi connectivity index (χ3v) is 4.69. The molecular formula is C17H18N4O2S. The van der Waals surface area contributed by atoms with Crippen LogP contribution in [-0.4, -0.2) is 29.0 Å². The lowest BCUT2D eigenvalue weighted by atomic mass is 10.1. The monoisotopic (exact) mass is 342 g/mol. The van der Waals surface area contributed by atoms with Crippen LogP contribution in [0, 0.1) is 28.6 Å². The molecule has 0 radical (unpaired) electrons. The van der Waals surface area contributed by atoms with E-state index < -0.39 is 0 Å². The van der Waals surface area contributed by atoms with Crippen LogP contribution in [0.5, 0.6) is 0 Å². The maximum atomic E-state index is 12.7. The molecule has 1 atom stereocenters. The van der Waals surface area contributed by atoms with E-state index in [2.05, 4.69) is 17.1 Å². The van der Waals surface area contributed by atoms with Crippen LogP contribution in [0.1, 0.15) is 12.8 Å². The zero-order valence-corrected chi connectivity index (χ0v) is 14.3. The summed E-state index contributed by atoms with van der Waals surface area (Å²) in [5.41, 5.74) is 0.537. The van der Waals surface area contributed by atoms with Gasteiger partial charge in [-0.1, -0.05) is 23.9 Å². The van der Waals surface area contributed by atoms with Gasteiger partial charge in [0.2, 0.25) is 0 Å². The molecule has 1 aromatic heterocycles. The van der Waals surface area contributed by atoms with Crippen LogP contribution < -0.4 is 5.56 Å². The molecular weight excluding hydrogens is 324 g/mol. The normalized spacial score (nSPS) is 11.8. The molecule has 0 spiro atoms. The predicted octanol–water partition coefficient (Wildman–Crippen LogP) is 2.58. The molecule has 1 aromatic carbocycles. The lowest BCUT2D eigenvalue weighted by Gasteiger charge is -2.13. The van der Waals surface area contributed by atoms with Crippen molar-refractivity contribution in [1.29, 1.82) is 10.5 Å². The predicted molar refractivity (Wildman–Crippen MR) is 92.6 cm³/mol. The zero-order valence-electron chi connectivity index (χ0n) is 13.4. The second-order valence-corrected chi connectivity index (χ2v) is 6.18. The quantitative estimate of drug-likeness (QED) is 0.541. The van der Waals surface area contributed by atoms with Crippen molar-refractivity contribution in [3.63, 3.8) is 0 Å². The van der Waals surface area contributed by atoms with Crippen LogP contribution in [0.25, 0.3) is 10.9 Å². The average Bonchev–Trinajstić information content (AvgIpc) is 2.61. The zero-order chi connectivity index (χ0) is 17.4. The molecule has 7 heteroatoms. The van der Waals surface area contributed by atoms with Crippen LogP contribution >= 0.6 is 11.8 Å². The highest BCUT2D eigenvalue weighted by atomic mass is 32.2. The van der Waals surface area contributed by atoms with E-state index in [-0.39, 0.29) is 11.5 Å². The topological polar surface area (TPSA) is 91.7 Å². The largest absolute Gasteiger partial charge is 0.383 e. The summed E-state index contributed by atoms with van der Waals surface area (Å²) in [6, 6.07) is 11.5. The number of fused-ring (bicyclic) bond motifs is 1. The van der Waals surface area contributed by atoms with Crippen LogP contribution in [0.3, 0.4) is 0 Å². The van der Waals surface area contributed by atoms with E-state index in [9.17, 15) is 10.1 Å². The van der Waals surface area contributed by atoms with Gasteiger partial charge in [0.15, 0.2) is 5.16 Å². The van der Waals surface area contributed by atoms with Crippen molar-refractivity contribution in [2.75, 3.05) is 19.5 Å². The summed E-state index contributed by atoms with van der Waals surface area (Å²) >= 11 is 1.37. The Morgan fingerprint density at radius 2 is 2.17 bits per heavy atom. The van der Waals surface area contributed by atoms with Crippen molar-refractivity contribution in [3.8, 4) is 12.1 Å². The third kappa shape index (κ3) is 4.35. The van der Waals surface area contributed by atoms with Crippen molar-refractivity contribution in [2.45, 2.75) is 24.5 Å². The van der Waals surface area contributed by atoms with E-state index in [1.807, 2.05) is 12.1 Å². The Balaban J connectivity index is 2.31. The first-order valence-electron chi connectivity index (χ1n) is 7.59. The number of ether oxygens (including phenoxy) is 1. The highest BCUT2D eigenvalue weighted by molar-refractivity contribution is 7.99. The van der Waals surface area contributed by atoms with Crippen LogP contribution in [-0.2, 0) is 11.3 Å². The maximum absolute atomic E-state index is 12.7. The van der Waals surface area contributed by atoms with Crippen molar-refractivity contribution in [3.05, 3.63) is 34.6 Å².